The van der Waals surface area contributed by atoms with Gasteiger partial charge in [0.1, 0.15) is 5.83 Å². The van der Waals surface area contributed by atoms with E-state index in [-0.39, 0.29) is 0 Å². The molecule has 0 nitrogen and oxygen atoms in total. The second kappa shape index (κ2) is 4.91. The Kier molecular flexibility index (Phi) is 4.46. The lowest BCUT2D eigenvalue weighted by molar-refractivity contribution is 0.636. The molecule has 0 rings (SSSR count). The van der Waals surface area contributed by atoms with Gasteiger partial charge in [-0.1, -0.05) is 6.08 Å². The van der Waals surface area contributed by atoms with Gasteiger partial charge >= 0.3 is 0 Å². The van der Waals surface area contributed by atoms with Crippen LogP contribution in [0.4, 0.5) is 8.78 Å². The minimum Gasteiger partial charge on any atom is -0.212 e. The molecular formula is C8H10F2. The minimum atomic E-state index is -0.445. The van der Waals surface area contributed by atoms with Crippen molar-refractivity contribution in [1.29, 1.82) is 0 Å². The smallest absolute Gasteiger partial charge is 0.122 e. The molecule has 0 radical (unpaired) electrons. The van der Waals surface area contributed by atoms with Crippen LogP contribution in [0.2, 0.25) is 0 Å². The van der Waals surface area contributed by atoms with E-state index in [1.807, 2.05) is 0 Å². The molecule has 0 bridgehead atoms. The quantitative estimate of drug-likeness (QED) is 0.521. The van der Waals surface area contributed by atoms with E-state index in [0.717, 1.165) is 12.2 Å². The fourth-order valence-corrected chi connectivity index (χ4v) is 0.409. The van der Waals surface area contributed by atoms with Crippen LogP contribution in [0.1, 0.15) is 13.8 Å². The molecule has 0 aliphatic carbocycles. The fraction of sp³-hybridized carbons (Fsp3) is 0.250. The first-order valence-corrected chi connectivity index (χ1v) is 2.99. The lowest BCUT2D eigenvalue weighted by atomic mass is 10.4. The van der Waals surface area contributed by atoms with Crippen LogP contribution in [0.5, 0.6) is 0 Å². The highest BCUT2D eigenvalue weighted by Crippen LogP contribution is 2.01. The van der Waals surface area contributed by atoms with Crippen molar-refractivity contribution >= 4 is 0 Å². The molecule has 0 fully saturated rings. The van der Waals surface area contributed by atoms with Crippen molar-refractivity contribution in [3.05, 3.63) is 36.0 Å². The lowest BCUT2D eigenvalue weighted by Gasteiger charge is -1.81. The van der Waals surface area contributed by atoms with E-state index < -0.39 is 11.7 Å². The third kappa shape index (κ3) is 5.22. The molecule has 0 heterocycles. The van der Waals surface area contributed by atoms with Crippen LogP contribution < -0.4 is 0 Å². The van der Waals surface area contributed by atoms with E-state index in [1.54, 1.807) is 13.0 Å². The van der Waals surface area contributed by atoms with Crippen molar-refractivity contribution in [2.45, 2.75) is 13.8 Å². The number of allylic oxidation sites excluding steroid dienone is 6. The number of rotatable bonds is 2. The Labute approximate surface area is 59.6 Å². The zero-order valence-corrected chi connectivity index (χ0v) is 6.07. The van der Waals surface area contributed by atoms with Gasteiger partial charge in [0.25, 0.3) is 0 Å². The van der Waals surface area contributed by atoms with Crippen molar-refractivity contribution in [1.82, 2.24) is 0 Å². The topological polar surface area (TPSA) is 0 Å². The van der Waals surface area contributed by atoms with Crippen LogP contribution >= 0.6 is 0 Å². The normalized spacial score (nSPS) is 14.8. The van der Waals surface area contributed by atoms with Gasteiger partial charge in [-0.25, -0.2) is 8.78 Å². The predicted molar refractivity (Wildman–Crippen MR) is 38.9 cm³/mol. The van der Waals surface area contributed by atoms with Gasteiger partial charge in [-0.15, -0.1) is 0 Å². The van der Waals surface area contributed by atoms with Gasteiger partial charge in [0.15, 0.2) is 0 Å². The monoisotopic (exact) mass is 144 g/mol. The van der Waals surface area contributed by atoms with E-state index in [1.165, 1.54) is 13.0 Å². The van der Waals surface area contributed by atoms with Gasteiger partial charge in [0, 0.05) is 0 Å². The zero-order valence-electron chi connectivity index (χ0n) is 6.07. The van der Waals surface area contributed by atoms with E-state index >= 15 is 0 Å². The Morgan fingerprint density at radius 1 is 1.20 bits per heavy atom. The first-order chi connectivity index (χ1) is 4.66. The molecule has 0 saturated heterocycles. The molecule has 0 aromatic rings. The van der Waals surface area contributed by atoms with Gasteiger partial charge in [0.05, 0.1) is 5.83 Å². The maximum Gasteiger partial charge on any atom is 0.122 e. The minimum absolute atomic E-state index is 0.403. The summed E-state index contributed by atoms with van der Waals surface area (Å²) in [5.41, 5.74) is 0. The highest BCUT2D eigenvalue weighted by Gasteiger charge is 1.82. The molecule has 0 saturated carbocycles. The van der Waals surface area contributed by atoms with E-state index in [2.05, 4.69) is 0 Å². The molecule has 0 spiro atoms. The second-order valence-electron chi connectivity index (χ2n) is 1.80. The fourth-order valence-electron chi connectivity index (χ4n) is 0.409. The Morgan fingerprint density at radius 2 is 1.80 bits per heavy atom. The van der Waals surface area contributed by atoms with E-state index in [4.69, 9.17) is 0 Å². The summed E-state index contributed by atoms with van der Waals surface area (Å²) in [6.07, 6.45) is 4.97. The molecule has 56 valence electrons. The van der Waals surface area contributed by atoms with Gasteiger partial charge in [-0.3, -0.25) is 0 Å². The first kappa shape index (κ1) is 9.08. The summed E-state index contributed by atoms with van der Waals surface area (Å²) in [7, 11) is 0. The summed E-state index contributed by atoms with van der Waals surface area (Å²) in [5.74, 6) is -0.848. The number of hydrogen-bond acceptors (Lipinski definition) is 0. The van der Waals surface area contributed by atoms with Crippen molar-refractivity contribution in [2.24, 2.45) is 0 Å². The summed E-state index contributed by atoms with van der Waals surface area (Å²) in [6, 6.07) is 0. The second-order valence-corrected chi connectivity index (χ2v) is 1.80. The van der Waals surface area contributed by atoms with Crippen LogP contribution in [0.15, 0.2) is 36.0 Å². The first-order valence-electron chi connectivity index (χ1n) is 2.99. The van der Waals surface area contributed by atoms with Crippen molar-refractivity contribution in [2.75, 3.05) is 0 Å². The van der Waals surface area contributed by atoms with Gasteiger partial charge in [0.2, 0.25) is 0 Å². The van der Waals surface area contributed by atoms with Crippen LogP contribution in [-0.4, -0.2) is 0 Å². The molecule has 0 aromatic heterocycles. The Morgan fingerprint density at radius 3 is 2.20 bits per heavy atom. The van der Waals surface area contributed by atoms with Crippen molar-refractivity contribution < 1.29 is 8.78 Å². The van der Waals surface area contributed by atoms with E-state index in [9.17, 15) is 8.78 Å². The molecule has 2 heteroatoms. The summed E-state index contributed by atoms with van der Waals surface area (Å²) in [5, 5.41) is 0. The van der Waals surface area contributed by atoms with E-state index in [0.29, 0.717) is 0 Å². The van der Waals surface area contributed by atoms with Crippen LogP contribution in [0, 0.1) is 0 Å². The average molecular weight is 144 g/mol. The Balaban J connectivity index is 4.05. The Bertz CT molecular complexity index is 172. The number of hydrogen-bond donors (Lipinski definition) is 0. The summed E-state index contributed by atoms with van der Waals surface area (Å²) < 4.78 is 24.3. The number of halogens is 2. The average Bonchev–Trinajstić information content (AvgIpc) is 1.85. The maximum atomic E-state index is 12.3. The maximum absolute atomic E-state index is 12.3. The molecule has 0 aliphatic heterocycles. The van der Waals surface area contributed by atoms with Gasteiger partial charge in [-0.05, 0) is 32.1 Å². The molecule has 0 amide bonds. The largest absolute Gasteiger partial charge is 0.212 e. The molecule has 0 atom stereocenters. The van der Waals surface area contributed by atoms with Gasteiger partial charge < -0.3 is 0 Å². The standard InChI is InChI=1S/C8H10F2/c1-3-4-8(10)6-5-7(2)9/h3-6H,1-2H3/b4-3-,7-5+,8-6+. The molecule has 0 unspecified atom stereocenters. The summed E-state index contributed by atoms with van der Waals surface area (Å²) >= 11 is 0. The predicted octanol–water partition coefficient (Wildman–Crippen LogP) is 3.29. The lowest BCUT2D eigenvalue weighted by Crippen LogP contribution is -1.63. The van der Waals surface area contributed by atoms with Crippen LogP contribution in [0.3, 0.4) is 0 Å². The van der Waals surface area contributed by atoms with Crippen LogP contribution in [-0.2, 0) is 0 Å². The van der Waals surface area contributed by atoms with Crippen LogP contribution in [0.25, 0.3) is 0 Å². The molecular weight excluding hydrogens is 134 g/mol. The summed E-state index contributed by atoms with van der Waals surface area (Å²) in [6.45, 7) is 2.96. The zero-order chi connectivity index (χ0) is 7.98. The third-order valence-electron chi connectivity index (χ3n) is 0.798. The highest BCUT2D eigenvalue weighted by atomic mass is 19.1. The molecule has 0 aliphatic rings. The van der Waals surface area contributed by atoms with Crippen molar-refractivity contribution in [3.63, 3.8) is 0 Å². The molecule has 0 aromatic carbocycles. The molecule has 10 heavy (non-hydrogen) atoms. The van der Waals surface area contributed by atoms with Gasteiger partial charge in [-0.2, -0.15) is 0 Å². The van der Waals surface area contributed by atoms with Crippen molar-refractivity contribution in [3.8, 4) is 0 Å². The highest BCUT2D eigenvalue weighted by molar-refractivity contribution is 5.17. The Hall–Kier alpha value is -0.920. The third-order valence-corrected chi connectivity index (χ3v) is 0.798. The summed E-state index contributed by atoms with van der Waals surface area (Å²) in [4.78, 5) is 0. The molecule has 0 N–H and O–H groups in total. The SMILES string of the molecule is C\C=C/C(F)=C\C=C(/C)F.